The average Bonchev–Trinajstić information content (AvgIpc) is 3.10. The van der Waals surface area contributed by atoms with Crippen LogP contribution in [0.2, 0.25) is 5.02 Å². The fraction of sp³-hybridized carbons (Fsp3) is 0.118. The van der Waals surface area contributed by atoms with Crippen LogP contribution in [0.1, 0.15) is 5.56 Å². The molecule has 0 aliphatic heterocycles. The van der Waals surface area contributed by atoms with Crippen molar-refractivity contribution in [2.24, 2.45) is 0 Å². The molecular weight excluding hydrogens is 401 g/mol. The number of hydrogen-bond donors (Lipinski definition) is 1. The van der Waals surface area contributed by atoms with Crippen LogP contribution in [0.5, 0.6) is 0 Å². The van der Waals surface area contributed by atoms with Gasteiger partial charge >= 0.3 is 6.18 Å². The smallest absolute Gasteiger partial charge is 0.325 e. The van der Waals surface area contributed by atoms with Crippen LogP contribution in [-0.2, 0) is 11.0 Å². The average molecular weight is 413 g/mol. The molecule has 10 heteroatoms. The number of thioether (sulfide) groups is 1. The molecule has 0 radical (unpaired) electrons. The standard InChI is InChI=1S/C17H12ClF3N4OS/c18-14-7-6-11(8-13(14)17(19,20)21)23-15(26)9-27-16-24-22-10-25(16)12-4-2-1-3-5-12/h1-8,10H,9H2,(H,23,26). The summed E-state index contributed by atoms with van der Waals surface area (Å²) in [6, 6.07) is 12.5. The Labute approximate surface area is 161 Å². The lowest BCUT2D eigenvalue weighted by molar-refractivity contribution is -0.137. The molecule has 3 rings (SSSR count). The number of anilines is 1. The van der Waals surface area contributed by atoms with Crippen LogP contribution < -0.4 is 5.32 Å². The van der Waals surface area contributed by atoms with E-state index in [0.29, 0.717) is 5.16 Å². The summed E-state index contributed by atoms with van der Waals surface area (Å²) in [7, 11) is 0. The normalized spacial score (nSPS) is 11.4. The van der Waals surface area contributed by atoms with Crippen molar-refractivity contribution in [1.29, 1.82) is 0 Å². The number of halogens is 4. The first-order valence-corrected chi connectivity index (χ1v) is 8.96. The van der Waals surface area contributed by atoms with E-state index in [2.05, 4.69) is 15.5 Å². The van der Waals surface area contributed by atoms with Gasteiger partial charge < -0.3 is 5.32 Å². The van der Waals surface area contributed by atoms with Crippen molar-refractivity contribution in [2.45, 2.75) is 11.3 Å². The molecule has 27 heavy (non-hydrogen) atoms. The maximum Gasteiger partial charge on any atom is 0.417 e. The van der Waals surface area contributed by atoms with Gasteiger partial charge in [-0.15, -0.1) is 10.2 Å². The largest absolute Gasteiger partial charge is 0.417 e. The maximum atomic E-state index is 12.9. The monoisotopic (exact) mass is 412 g/mol. The number of amides is 1. The molecule has 0 aliphatic rings. The number of carbonyl (C=O) groups is 1. The molecule has 0 spiro atoms. The highest BCUT2D eigenvalue weighted by Gasteiger charge is 2.33. The van der Waals surface area contributed by atoms with Gasteiger partial charge in [-0.2, -0.15) is 13.2 Å². The Morgan fingerprint density at radius 1 is 1.19 bits per heavy atom. The van der Waals surface area contributed by atoms with Crippen LogP contribution in [0.15, 0.2) is 60.0 Å². The Bertz CT molecular complexity index is 947. The van der Waals surface area contributed by atoms with Crippen molar-refractivity contribution in [2.75, 3.05) is 11.1 Å². The number of nitrogens with one attached hydrogen (secondary N) is 1. The molecule has 140 valence electrons. The van der Waals surface area contributed by atoms with Crippen LogP contribution in [0.4, 0.5) is 18.9 Å². The molecule has 0 bridgehead atoms. The SMILES string of the molecule is O=C(CSc1nncn1-c1ccccc1)Nc1ccc(Cl)c(C(F)(F)F)c1. The van der Waals surface area contributed by atoms with E-state index in [9.17, 15) is 18.0 Å². The molecule has 0 saturated heterocycles. The third kappa shape index (κ3) is 4.81. The van der Waals surface area contributed by atoms with Crippen LogP contribution in [0, 0.1) is 0 Å². The van der Waals surface area contributed by atoms with E-state index in [4.69, 9.17) is 11.6 Å². The van der Waals surface area contributed by atoms with E-state index < -0.39 is 22.7 Å². The van der Waals surface area contributed by atoms with Crippen molar-refractivity contribution >= 4 is 35.0 Å². The topological polar surface area (TPSA) is 59.8 Å². The van der Waals surface area contributed by atoms with Crippen molar-refractivity contribution < 1.29 is 18.0 Å². The summed E-state index contributed by atoms with van der Waals surface area (Å²) >= 11 is 6.68. The predicted molar refractivity (Wildman–Crippen MR) is 97.2 cm³/mol. The Hall–Kier alpha value is -2.52. The molecule has 1 aromatic heterocycles. The lowest BCUT2D eigenvalue weighted by Gasteiger charge is -2.11. The highest BCUT2D eigenvalue weighted by molar-refractivity contribution is 7.99. The number of carbonyl (C=O) groups excluding carboxylic acids is 1. The van der Waals surface area contributed by atoms with Crippen LogP contribution in [0.25, 0.3) is 5.69 Å². The van der Waals surface area contributed by atoms with Crippen molar-refractivity contribution in [3.8, 4) is 5.69 Å². The maximum absolute atomic E-state index is 12.9. The number of hydrogen-bond acceptors (Lipinski definition) is 4. The zero-order chi connectivity index (χ0) is 19.4. The fourth-order valence-electron chi connectivity index (χ4n) is 2.24. The first-order chi connectivity index (χ1) is 12.8. The number of para-hydroxylation sites is 1. The molecule has 3 aromatic rings. The third-order valence-electron chi connectivity index (χ3n) is 3.44. The van der Waals surface area contributed by atoms with Gasteiger partial charge in [0.25, 0.3) is 0 Å². The van der Waals surface area contributed by atoms with Crippen molar-refractivity contribution in [3.05, 3.63) is 65.4 Å². The molecule has 1 N–H and O–H groups in total. The van der Waals surface area contributed by atoms with Gasteiger partial charge in [0, 0.05) is 11.4 Å². The van der Waals surface area contributed by atoms with Crippen LogP contribution in [-0.4, -0.2) is 26.4 Å². The van der Waals surface area contributed by atoms with Gasteiger partial charge in [-0.3, -0.25) is 9.36 Å². The molecule has 1 amide bonds. The van der Waals surface area contributed by atoms with Gasteiger partial charge in [-0.05, 0) is 30.3 Å². The van der Waals surface area contributed by atoms with Crippen molar-refractivity contribution in [3.63, 3.8) is 0 Å². The second kappa shape index (κ2) is 8.01. The van der Waals surface area contributed by atoms with E-state index in [1.807, 2.05) is 30.3 Å². The van der Waals surface area contributed by atoms with Crippen molar-refractivity contribution in [1.82, 2.24) is 14.8 Å². The van der Waals surface area contributed by atoms with E-state index in [0.717, 1.165) is 29.6 Å². The molecule has 0 aliphatic carbocycles. The number of alkyl halides is 3. The summed E-state index contributed by atoms with van der Waals surface area (Å²) in [6.07, 6.45) is -3.08. The van der Waals surface area contributed by atoms with Gasteiger partial charge in [-0.25, -0.2) is 0 Å². The first-order valence-electron chi connectivity index (χ1n) is 7.59. The minimum absolute atomic E-state index is 0.0156. The predicted octanol–water partition coefficient (Wildman–Crippen LogP) is 4.67. The fourth-order valence-corrected chi connectivity index (χ4v) is 3.19. The molecule has 0 unspecified atom stereocenters. The number of rotatable bonds is 5. The Morgan fingerprint density at radius 3 is 2.63 bits per heavy atom. The lowest BCUT2D eigenvalue weighted by atomic mass is 10.2. The minimum atomic E-state index is -4.60. The summed E-state index contributed by atoms with van der Waals surface area (Å²) in [5.41, 5.74) is -0.154. The summed E-state index contributed by atoms with van der Waals surface area (Å²) in [6.45, 7) is 0. The molecule has 5 nitrogen and oxygen atoms in total. The quantitative estimate of drug-likeness (QED) is 0.619. The molecule has 2 aromatic carbocycles. The number of benzene rings is 2. The highest BCUT2D eigenvalue weighted by Crippen LogP contribution is 2.36. The van der Waals surface area contributed by atoms with E-state index in [1.165, 1.54) is 12.4 Å². The second-order valence-corrected chi connectivity index (χ2v) is 6.70. The van der Waals surface area contributed by atoms with Gasteiger partial charge in [-0.1, -0.05) is 41.6 Å². The zero-order valence-electron chi connectivity index (χ0n) is 13.6. The Kier molecular flexibility index (Phi) is 5.71. The summed E-state index contributed by atoms with van der Waals surface area (Å²) in [5, 5.41) is 10.3. The third-order valence-corrected chi connectivity index (χ3v) is 4.71. The molecule has 1 heterocycles. The highest BCUT2D eigenvalue weighted by atomic mass is 35.5. The zero-order valence-corrected chi connectivity index (χ0v) is 15.1. The molecule has 0 atom stereocenters. The Balaban J connectivity index is 1.66. The minimum Gasteiger partial charge on any atom is -0.325 e. The summed E-state index contributed by atoms with van der Waals surface area (Å²) < 4.78 is 40.4. The van der Waals surface area contributed by atoms with Gasteiger partial charge in [0.1, 0.15) is 6.33 Å². The Morgan fingerprint density at radius 2 is 1.93 bits per heavy atom. The number of nitrogens with zero attached hydrogens (tertiary/aromatic N) is 3. The summed E-state index contributed by atoms with van der Waals surface area (Å²) in [4.78, 5) is 12.1. The lowest BCUT2D eigenvalue weighted by Crippen LogP contribution is -2.15. The van der Waals surface area contributed by atoms with Crippen LogP contribution >= 0.6 is 23.4 Å². The molecule has 0 fully saturated rings. The van der Waals surface area contributed by atoms with Gasteiger partial charge in [0.05, 0.1) is 16.3 Å². The first kappa shape index (κ1) is 19.2. The molecular formula is C17H12ClF3N4OS. The summed E-state index contributed by atoms with van der Waals surface area (Å²) in [5.74, 6) is -0.520. The van der Waals surface area contributed by atoms with E-state index in [-0.39, 0.29) is 11.4 Å². The second-order valence-electron chi connectivity index (χ2n) is 5.35. The molecule has 0 saturated carbocycles. The van der Waals surface area contributed by atoms with E-state index in [1.54, 1.807) is 4.57 Å². The number of aromatic nitrogens is 3. The van der Waals surface area contributed by atoms with E-state index >= 15 is 0 Å². The van der Waals surface area contributed by atoms with Crippen LogP contribution in [0.3, 0.4) is 0 Å². The van der Waals surface area contributed by atoms with Gasteiger partial charge in [0.15, 0.2) is 5.16 Å². The van der Waals surface area contributed by atoms with Gasteiger partial charge in [0.2, 0.25) is 5.91 Å².